The molecule has 232 valence electrons. The SMILES string of the molecule is CN(C)Cc1c(Oc2ccc(F)cc2)ccc2c(CCC3CCN(CC4OCCO4)CC3)noc12.O=C(O)C=CC(=O)O. The first-order valence-corrected chi connectivity index (χ1v) is 14.3. The highest BCUT2D eigenvalue weighted by molar-refractivity contribution is 5.89. The highest BCUT2D eigenvalue weighted by atomic mass is 19.1. The van der Waals surface area contributed by atoms with Crippen LogP contribution < -0.4 is 4.74 Å². The molecule has 0 bridgehead atoms. The molecule has 2 aromatic carbocycles. The fourth-order valence-electron chi connectivity index (χ4n) is 5.13. The van der Waals surface area contributed by atoms with Crippen LogP contribution in [0.25, 0.3) is 11.0 Å². The van der Waals surface area contributed by atoms with Crippen LogP contribution in [0, 0.1) is 11.7 Å². The molecule has 2 fully saturated rings. The summed E-state index contributed by atoms with van der Waals surface area (Å²) in [5, 5.41) is 21.1. The van der Waals surface area contributed by atoms with E-state index in [1.54, 1.807) is 12.1 Å². The molecule has 43 heavy (non-hydrogen) atoms. The molecule has 0 amide bonds. The minimum absolute atomic E-state index is 0.0543. The summed E-state index contributed by atoms with van der Waals surface area (Å²) >= 11 is 0. The summed E-state index contributed by atoms with van der Waals surface area (Å²) in [5.41, 5.74) is 2.71. The first-order valence-electron chi connectivity index (χ1n) is 14.3. The molecule has 0 atom stereocenters. The van der Waals surface area contributed by atoms with Crippen molar-refractivity contribution in [2.45, 2.75) is 38.5 Å². The van der Waals surface area contributed by atoms with E-state index in [9.17, 15) is 14.0 Å². The summed E-state index contributed by atoms with van der Waals surface area (Å²) in [4.78, 5) is 23.6. The molecule has 1 aromatic heterocycles. The van der Waals surface area contributed by atoms with Gasteiger partial charge in [0.1, 0.15) is 17.3 Å². The summed E-state index contributed by atoms with van der Waals surface area (Å²) in [6.45, 7) is 5.12. The number of ether oxygens (including phenoxy) is 3. The van der Waals surface area contributed by atoms with E-state index >= 15 is 0 Å². The van der Waals surface area contributed by atoms with Gasteiger partial charge in [0, 0.05) is 30.6 Å². The summed E-state index contributed by atoms with van der Waals surface area (Å²) in [6, 6.07) is 10.0. The number of carboxylic acid groups (broad SMARTS) is 2. The maximum Gasteiger partial charge on any atom is 0.328 e. The fraction of sp³-hybridized carbons (Fsp3) is 0.452. The number of aliphatic carboxylic acids is 2. The second-order valence-electron chi connectivity index (χ2n) is 10.8. The standard InChI is InChI=1S/C27H34FN3O4.C4H4O4/c1-30(2)17-23-25(34-21-6-4-20(28)5-7-21)10-8-22-24(29-35-27(22)23)9-3-19-11-13-31(14-12-19)18-26-32-15-16-33-26;5-3(6)1-2-4(7)8/h4-8,10,19,26H,3,9,11-18H2,1-2H3;1-2H,(H,5,6)(H,7,8). The van der Waals surface area contributed by atoms with E-state index in [1.165, 1.54) is 25.0 Å². The summed E-state index contributed by atoms with van der Waals surface area (Å²) < 4.78 is 36.4. The Hall–Kier alpha value is -3.84. The molecule has 0 unspecified atom stereocenters. The summed E-state index contributed by atoms with van der Waals surface area (Å²) in [7, 11) is 4.02. The number of carbonyl (C=O) groups is 2. The predicted octanol–water partition coefficient (Wildman–Crippen LogP) is 4.55. The van der Waals surface area contributed by atoms with Crippen LogP contribution in [0.3, 0.4) is 0 Å². The zero-order valence-corrected chi connectivity index (χ0v) is 24.4. The maximum absolute atomic E-state index is 13.3. The van der Waals surface area contributed by atoms with Gasteiger partial charge in [-0.3, -0.25) is 4.90 Å². The normalized spacial score (nSPS) is 16.6. The lowest BCUT2D eigenvalue weighted by atomic mass is 9.91. The topological polar surface area (TPSA) is 135 Å². The van der Waals surface area contributed by atoms with Crippen molar-refractivity contribution in [3.05, 3.63) is 65.6 Å². The number of carboxylic acids is 2. The number of hydrogen-bond acceptors (Lipinski definition) is 9. The van der Waals surface area contributed by atoms with Crippen molar-refractivity contribution in [2.24, 2.45) is 5.92 Å². The number of aromatic nitrogens is 1. The summed E-state index contributed by atoms with van der Waals surface area (Å²) in [5.74, 6) is -0.833. The molecule has 2 N–H and O–H groups in total. The molecule has 0 radical (unpaired) electrons. The van der Waals surface area contributed by atoms with Crippen molar-refractivity contribution < 1.29 is 42.9 Å². The van der Waals surface area contributed by atoms with Gasteiger partial charge in [-0.1, -0.05) is 5.16 Å². The number of aryl methyl sites for hydroxylation is 1. The molecule has 0 aliphatic carbocycles. The lowest BCUT2D eigenvalue weighted by Gasteiger charge is -2.32. The van der Waals surface area contributed by atoms with E-state index in [-0.39, 0.29) is 12.1 Å². The molecule has 11 nitrogen and oxygen atoms in total. The van der Waals surface area contributed by atoms with Gasteiger partial charge in [-0.05, 0) is 95.2 Å². The smallest absolute Gasteiger partial charge is 0.328 e. The maximum atomic E-state index is 13.3. The zero-order chi connectivity index (χ0) is 30.8. The van der Waals surface area contributed by atoms with Crippen molar-refractivity contribution in [1.29, 1.82) is 0 Å². The predicted molar refractivity (Wildman–Crippen MR) is 155 cm³/mol. The van der Waals surface area contributed by atoms with E-state index < -0.39 is 11.9 Å². The Kier molecular flexibility index (Phi) is 11.6. The Labute approximate surface area is 249 Å². The van der Waals surface area contributed by atoms with Crippen LogP contribution in [-0.2, 0) is 32.0 Å². The van der Waals surface area contributed by atoms with Crippen LogP contribution >= 0.6 is 0 Å². The van der Waals surface area contributed by atoms with Crippen LogP contribution in [-0.4, -0.2) is 90.3 Å². The number of rotatable bonds is 11. The number of benzene rings is 2. The molecule has 0 saturated carbocycles. The molecule has 2 aliphatic heterocycles. The van der Waals surface area contributed by atoms with E-state index in [0.717, 1.165) is 54.7 Å². The number of halogens is 1. The number of piperidine rings is 1. The molecule has 2 aliphatic rings. The number of nitrogens with zero attached hydrogens (tertiary/aromatic N) is 3. The van der Waals surface area contributed by atoms with Crippen molar-refractivity contribution in [2.75, 3.05) is 46.9 Å². The quantitative estimate of drug-likeness (QED) is 0.301. The zero-order valence-electron chi connectivity index (χ0n) is 24.4. The van der Waals surface area contributed by atoms with Gasteiger partial charge in [0.15, 0.2) is 11.9 Å². The number of hydrogen-bond donors (Lipinski definition) is 2. The summed E-state index contributed by atoms with van der Waals surface area (Å²) in [6.07, 6.45) is 5.43. The van der Waals surface area contributed by atoms with Gasteiger partial charge in [0.05, 0.1) is 24.5 Å². The molecule has 0 spiro atoms. The van der Waals surface area contributed by atoms with Crippen LogP contribution in [0.15, 0.2) is 53.1 Å². The minimum atomic E-state index is -1.26. The molecule has 2 saturated heterocycles. The van der Waals surface area contributed by atoms with Gasteiger partial charge in [-0.2, -0.15) is 0 Å². The van der Waals surface area contributed by atoms with Crippen molar-refractivity contribution in [3.63, 3.8) is 0 Å². The number of likely N-dealkylation sites (tertiary alicyclic amines) is 1. The minimum Gasteiger partial charge on any atom is -0.478 e. The van der Waals surface area contributed by atoms with Crippen LogP contribution in [0.4, 0.5) is 4.39 Å². The first kappa shape index (κ1) is 32.1. The Bertz CT molecular complexity index is 1360. The van der Waals surface area contributed by atoms with Crippen molar-refractivity contribution >= 4 is 22.9 Å². The Morgan fingerprint density at radius 2 is 1.70 bits per heavy atom. The molecule has 3 heterocycles. The second kappa shape index (κ2) is 15.6. The van der Waals surface area contributed by atoms with E-state index in [1.807, 2.05) is 26.2 Å². The monoisotopic (exact) mass is 599 g/mol. The third-order valence-corrected chi connectivity index (χ3v) is 7.25. The lowest BCUT2D eigenvalue weighted by Crippen LogP contribution is -2.39. The second-order valence-corrected chi connectivity index (χ2v) is 10.8. The van der Waals surface area contributed by atoms with Gasteiger partial charge in [-0.25, -0.2) is 14.0 Å². The van der Waals surface area contributed by atoms with Crippen LogP contribution in [0.1, 0.15) is 30.5 Å². The Morgan fingerprint density at radius 1 is 1.05 bits per heavy atom. The van der Waals surface area contributed by atoms with Gasteiger partial charge in [0.2, 0.25) is 0 Å². The third kappa shape index (κ3) is 9.85. The largest absolute Gasteiger partial charge is 0.478 e. The molecule has 3 aromatic rings. The van der Waals surface area contributed by atoms with Crippen molar-refractivity contribution in [3.8, 4) is 11.5 Å². The third-order valence-electron chi connectivity index (χ3n) is 7.25. The Balaban J connectivity index is 0.000000467. The van der Waals surface area contributed by atoms with Gasteiger partial charge in [0.25, 0.3) is 0 Å². The molecular weight excluding hydrogens is 561 g/mol. The molecular formula is C31H38FN3O8. The Morgan fingerprint density at radius 3 is 2.30 bits per heavy atom. The van der Waals surface area contributed by atoms with Crippen LogP contribution in [0.2, 0.25) is 0 Å². The van der Waals surface area contributed by atoms with E-state index in [2.05, 4.69) is 15.0 Å². The van der Waals surface area contributed by atoms with Gasteiger partial charge in [-0.15, -0.1) is 0 Å². The number of fused-ring (bicyclic) bond motifs is 1. The first-order chi connectivity index (χ1) is 20.7. The molecule has 12 heteroatoms. The van der Waals surface area contributed by atoms with E-state index in [4.69, 9.17) is 28.9 Å². The van der Waals surface area contributed by atoms with Crippen LogP contribution in [0.5, 0.6) is 11.5 Å². The highest BCUT2D eigenvalue weighted by Crippen LogP contribution is 2.35. The average molecular weight is 600 g/mol. The average Bonchev–Trinajstić information content (AvgIpc) is 3.64. The fourth-order valence-corrected chi connectivity index (χ4v) is 5.13. The highest BCUT2D eigenvalue weighted by Gasteiger charge is 2.25. The molecule has 5 rings (SSSR count). The van der Waals surface area contributed by atoms with Crippen molar-refractivity contribution in [1.82, 2.24) is 15.0 Å². The van der Waals surface area contributed by atoms with E-state index in [0.29, 0.717) is 49.3 Å². The van der Waals surface area contributed by atoms with Gasteiger partial charge >= 0.3 is 11.9 Å². The lowest BCUT2D eigenvalue weighted by molar-refractivity contribution is -0.134. The van der Waals surface area contributed by atoms with Gasteiger partial charge < -0.3 is 33.8 Å².